The van der Waals surface area contributed by atoms with Crippen LogP contribution >= 0.6 is 34.9 Å². The summed E-state index contributed by atoms with van der Waals surface area (Å²) in [5.74, 6) is 0.970. The Morgan fingerprint density at radius 3 is 2.68 bits per heavy atom. The Labute approximate surface area is 123 Å². The third-order valence-electron chi connectivity index (χ3n) is 2.73. The average molecular weight is 309 g/mol. The van der Waals surface area contributed by atoms with Crippen molar-refractivity contribution in [2.75, 3.05) is 0 Å². The van der Waals surface area contributed by atoms with Crippen LogP contribution in [0, 0.1) is 0 Å². The van der Waals surface area contributed by atoms with Crippen LogP contribution in [0.25, 0.3) is 10.8 Å². The normalized spacial score (nSPS) is 11.0. The molecule has 0 aliphatic heterocycles. The standard InChI is InChI=1S/C13H9ClN2OS2/c14-13-10(15-16-19-13)7-18-12-6-5-11(17)8-3-1-2-4-9(8)12/h1-6,17H,7H2. The molecule has 6 heteroatoms. The third kappa shape index (κ3) is 2.54. The Kier molecular flexibility index (Phi) is 3.59. The molecule has 0 saturated carbocycles. The molecule has 3 rings (SSSR count). The second kappa shape index (κ2) is 5.36. The average Bonchev–Trinajstić information content (AvgIpc) is 2.84. The quantitative estimate of drug-likeness (QED) is 0.731. The number of benzene rings is 2. The molecule has 1 aromatic heterocycles. The third-order valence-corrected chi connectivity index (χ3v) is 4.80. The van der Waals surface area contributed by atoms with Gasteiger partial charge in [0.2, 0.25) is 0 Å². The van der Waals surface area contributed by atoms with E-state index in [0.717, 1.165) is 21.4 Å². The summed E-state index contributed by atoms with van der Waals surface area (Å²) in [4.78, 5) is 1.09. The SMILES string of the molecule is Oc1ccc(SCc2nnsc2Cl)c2ccccc12. The van der Waals surface area contributed by atoms with Gasteiger partial charge in [0.25, 0.3) is 0 Å². The van der Waals surface area contributed by atoms with E-state index in [1.807, 2.05) is 30.3 Å². The van der Waals surface area contributed by atoms with E-state index >= 15 is 0 Å². The first-order valence-corrected chi connectivity index (χ1v) is 7.69. The molecule has 0 unspecified atom stereocenters. The van der Waals surface area contributed by atoms with Gasteiger partial charge in [-0.25, -0.2) is 0 Å². The lowest BCUT2D eigenvalue weighted by Crippen LogP contribution is -1.84. The van der Waals surface area contributed by atoms with Gasteiger partial charge in [-0.1, -0.05) is 40.4 Å². The number of nitrogens with zero attached hydrogens (tertiary/aromatic N) is 2. The first-order chi connectivity index (χ1) is 9.25. The molecule has 0 bridgehead atoms. The van der Waals surface area contributed by atoms with Crippen molar-refractivity contribution < 1.29 is 5.11 Å². The summed E-state index contributed by atoms with van der Waals surface area (Å²) in [6.07, 6.45) is 0. The van der Waals surface area contributed by atoms with Crippen LogP contribution in [0.2, 0.25) is 4.34 Å². The van der Waals surface area contributed by atoms with Crippen molar-refractivity contribution in [3.8, 4) is 5.75 Å². The molecule has 0 aliphatic rings. The number of aromatic nitrogens is 2. The number of halogens is 1. The van der Waals surface area contributed by atoms with E-state index < -0.39 is 0 Å². The van der Waals surface area contributed by atoms with Crippen molar-refractivity contribution in [1.29, 1.82) is 0 Å². The van der Waals surface area contributed by atoms with Gasteiger partial charge in [-0.3, -0.25) is 0 Å². The zero-order chi connectivity index (χ0) is 13.2. The maximum Gasteiger partial charge on any atom is 0.138 e. The first-order valence-electron chi connectivity index (χ1n) is 5.56. The Balaban J connectivity index is 1.93. The zero-order valence-corrected chi connectivity index (χ0v) is 12.1. The molecule has 0 fully saturated rings. The highest BCUT2D eigenvalue weighted by Crippen LogP contribution is 2.35. The summed E-state index contributed by atoms with van der Waals surface area (Å²) < 4.78 is 4.45. The molecule has 0 saturated heterocycles. The van der Waals surface area contributed by atoms with E-state index in [1.54, 1.807) is 17.8 Å². The molecule has 3 nitrogen and oxygen atoms in total. The largest absolute Gasteiger partial charge is 0.507 e. The number of hydrogen-bond donors (Lipinski definition) is 1. The number of phenols is 1. The van der Waals surface area contributed by atoms with Gasteiger partial charge in [-0.05, 0) is 17.5 Å². The minimum atomic E-state index is 0.299. The molecule has 19 heavy (non-hydrogen) atoms. The highest BCUT2D eigenvalue weighted by Gasteiger charge is 2.09. The summed E-state index contributed by atoms with van der Waals surface area (Å²) in [6.45, 7) is 0. The molecular weight excluding hydrogens is 300 g/mol. The van der Waals surface area contributed by atoms with Crippen LogP contribution in [0.15, 0.2) is 41.3 Å². The Bertz CT molecular complexity index is 729. The Hall–Kier alpha value is -1.30. The fourth-order valence-electron chi connectivity index (χ4n) is 1.81. The smallest absolute Gasteiger partial charge is 0.138 e. The number of thioether (sulfide) groups is 1. The molecule has 96 valence electrons. The predicted molar refractivity (Wildman–Crippen MR) is 80.1 cm³/mol. The predicted octanol–water partition coefficient (Wildman–Crippen LogP) is 4.34. The second-order valence-corrected chi connectivity index (χ2v) is 6.28. The van der Waals surface area contributed by atoms with Crippen molar-refractivity contribution in [3.05, 3.63) is 46.4 Å². The summed E-state index contributed by atoms with van der Waals surface area (Å²) >= 11 is 8.83. The summed E-state index contributed by atoms with van der Waals surface area (Å²) in [6, 6.07) is 11.4. The Morgan fingerprint density at radius 1 is 1.16 bits per heavy atom. The van der Waals surface area contributed by atoms with Gasteiger partial charge in [0.1, 0.15) is 15.8 Å². The molecule has 0 spiro atoms. The van der Waals surface area contributed by atoms with Crippen molar-refractivity contribution >= 4 is 45.7 Å². The Morgan fingerprint density at radius 2 is 1.95 bits per heavy atom. The van der Waals surface area contributed by atoms with Gasteiger partial charge < -0.3 is 5.11 Å². The van der Waals surface area contributed by atoms with Gasteiger partial charge in [0.15, 0.2) is 0 Å². The van der Waals surface area contributed by atoms with Crippen LogP contribution in [0.3, 0.4) is 0 Å². The van der Waals surface area contributed by atoms with Crippen LogP contribution in [0.1, 0.15) is 5.69 Å². The summed E-state index contributed by atoms with van der Waals surface area (Å²) in [5, 5.41) is 15.7. The van der Waals surface area contributed by atoms with Crippen LogP contribution < -0.4 is 0 Å². The number of fused-ring (bicyclic) bond motifs is 1. The fourth-order valence-corrected chi connectivity index (χ4v) is 3.60. The molecule has 2 aromatic carbocycles. The van der Waals surface area contributed by atoms with Gasteiger partial charge in [-0.15, -0.1) is 16.9 Å². The van der Waals surface area contributed by atoms with Gasteiger partial charge in [0, 0.05) is 27.6 Å². The highest BCUT2D eigenvalue weighted by atomic mass is 35.5. The molecule has 0 amide bonds. The van der Waals surface area contributed by atoms with Crippen LogP contribution in [0.4, 0.5) is 0 Å². The molecular formula is C13H9ClN2OS2. The molecule has 0 atom stereocenters. The first kappa shape index (κ1) is 12.7. The van der Waals surface area contributed by atoms with Gasteiger partial charge in [0.05, 0.1) is 0 Å². The van der Waals surface area contributed by atoms with Gasteiger partial charge >= 0.3 is 0 Å². The van der Waals surface area contributed by atoms with Crippen molar-refractivity contribution in [2.45, 2.75) is 10.6 Å². The monoisotopic (exact) mass is 308 g/mol. The number of rotatable bonds is 3. The van der Waals surface area contributed by atoms with Crippen molar-refractivity contribution in [1.82, 2.24) is 9.59 Å². The summed E-state index contributed by atoms with van der Waals surface area (Å²) in [7, 11) is 0. The van der Waals surface area contributed by atoms with Gasteiger partial charge in [-0.2, -0.15) is 0 Å². The van der Waals surface area contributed by atoms with Crippen molar-refractivity contribution in [2.24, 2.45) is 0 Å². The van der Waals surface area contributed by atoms with E-state index in [-0.39, 0.29) is 0 Å². The molecule has 3 aromatic rings. The lowest BCUT2D eigenvalue weighted by atomic mass is 10.1. The van der Waals surface area contributed by atoms with E-state index in [4.69, 9.17) is 11.6 Å². The van der Waals surface area contributed by atoms with E-state index in [1.165, 1.54) is 11.5 Å². The maximum absolute atomic E-state index is 9.84. The molecule has 0 radical (unpaired) electrons. The number of hydrogen-bond acceptors (Lipinski definition) is 5. The van der Waals surface area contributed by atoms with Crippen LogP contribution in [0.5, 0.6) is 5.75 Å². The van der Waals surface area contributed by atoms with Crippen LogP contribution in [-0.2, 0) is 5.75 Å². The lowest BCUT2D eigenvalue weighted by Gasteiger charge is -2.07. The van der Waals surface area contributed by atoms with Crippen molar-refractivity contribution in [3.63, 3.8) is 0 Å². The molecule has 1 N–H and O–H groups in total. The van der Waals surface area contributed by atoms with E-state index in [9.17, 15) is 5.11 Å². The second-order valence-electron chi connectivity index (χ2n) is 3.91. The minimum absolute atomic E-state index is 0.299. The summed E-state index contributed by atoms with van der Waals surface area (Å²) in [5.41, 5.74) is 0.800. The molecule has 1 heterocycles. The fraction of sp³-hybridized carbons (Fsp3) is 0.0769. The molecule has 0 aliphatic carbocycles. The van der Waals surface area contributed by atoms with Crippen LogP contribution in [-0.4, -0.2) is 14.7 Å². The zero-order valence-electron chi connectivity index (χ0n) is 9.71. The number of phenolic OH excluding ortho intramolecular Hbond substituents is 1. The van der Waals surface area contributed by atoms with E-state index in [2.05, 4.69) is 9.59 Å². The highest BCUT2D eigenvalue weighted by molar-refractivity contribution is 7.98. The lowest BCUT2D eigenvalue weighted by molar-refractivity contribution is 0.481. The minimum Gasteiger partial charge on any atom is -0.507 e. The maximum atomic E-state index is 9.84. The number of aromatic hydroxyl groups is 1. The topological polar surface area (TPSA) is 46.0 Å². The van der Waals surface area contributed by atoms with E-state index in [0.29, 0.717) is 15.8 Å².